The molecule has 1 heterocycles. The number of amides is 2. The predicted molar refractivity (Wildman–Crippen MR) is 207 cm³/mol. The zero-order valence-corrected chi connectivity index (χ0v) is 31.8. The molecule has 0 aliphatic rings. The van der Waals surface area contributed by atoms with Crippen LogP contribution in [0.3, 0.4) is 0 Å². The summed E-state index contributed by atoms with van der Waals surface area (Å²) in [7, 11) is -5.75. The summed E-state index contributed by atoms with van der Waals surface area (Å²) in [5.74, 6) is 1.65. The Hall–Kier alpha value is -5.10. The van der Waals surface area contributed by atoms with Gasteiger partial charge in [0.1, 0.15) is 17.2 Å². The Balaban J connectivity index is 1.38. The van der Waals surface area contributed by atoms with Crippen LogP contribution in [-0.2, 0) is 26.4 Å². The van der Waals surface area contributed by atoms with Crippen LogP contribution in [0.25, 0.3) is 10.8 Å². The highest BCUT2D eigenvalue weighted by Crippen LogP contribution is 2.41. The lowest BCUT2D eigenvalue weighted by molar-refractivity contribution is 0.262. The normalized spacial score (nSPS) is 12.8. The summed E-state index contributed by atoms with van der Waals surface area (Å²) >= 11 is 0. The summed E-state index contributed by atoms with van der Waals surface area (Å²) < 4.78 is 56.7. The molecule has 5 rings (SSSR count). The van der Waals surface area contributed by atoms with Crippen molar-refractivity contribution in [3.8, 4) is 23.0 Å². The fraction of sp³-hybridized carbons (Fsp3) is 0.263. The summed E-state index contributed by atoms with van der Waals surface area (Å²) in [5.41, 5.74) is 3.01. The number of pyridine rings is 1. The van der Waals surface area contributed by atoms with Crippen LogP contribution >= 0.6 is 7.37 Å². The summed E-state index contributed by atoms with van der Waals surface area (Å²) in [6, 6.07) is 22.6. The van der Waals surface area contributed by atoms with Gasteiger partial charge in [-0.05, 0) is 65.9 Å². The Bertz CT molecular complexity index is 2280. The van der Waals surface area contributed by atoms with Crippen LogP contribution in [0, 0.1) is 0 Å². The van der Waals surface area contributed by atoms with E-state index in [2.05, 4.69) is 20.3 Å². The van der Waals surface area contributed by atoms with Crippen molar-refractivity contribution in [3.63, 3.8) is 0 Å². The summed E-state index contributed by atoms with van der Waals surface area (Å²) in [5, 5.41) is 7.49. The number of nitrogens with zero attached hydrogens (tertiary/aromatic N) is 1. The van der Waals surface area contributed by atoms with Crippen LogP contribution in [0.5, 0.6) is 23.0 Å². The van der Waals surface area contributed by atoms with E-state index in [9.17, 15) is 22.7 Å². The van der Waals surface area contributed by atoms with Gasteiger partial charge in [0.2, 0.25) is 17.4 Å². The quantitative estimate of drug-likeness (QED) is 0.0930. The number of ether oxygens (including phenoxy) is 3. The Kier molecular flexibility index (Phi) is 11.2. The first-order chi connectivity index (χ1) is 24.4. The average Bonchev–Trinajstić information content (AvgIpc) is 3.04. The van der Waals surface area contributed by atoms with E-state index in [1.54, 1.807) is 54.7 Å². The zero-order valence-electron chi connectivity index (χ0n) is 30.1. The minimum absolute atomic E-state index is 0.169. The highest BCUT2D eigenvalue weighted by atomic mass is 32.2. The number of nitrogens with one attached hydrogen (secondary N) is 3. The van der Waals surface area contributed by atoms with Crippen LogP contribution in [0.1, 0.15) is 44.5 Å². The number of anilines is 3. The number of hydrogen-bond donors (Lipinski definition) is 4. The molecule has 0 aliphatic carbocycles. The summed E-state index contributed by atoms with van der Waals surface area (Å²) in [4.78, 5) is 28.1. The molecule has 0 saturated carbocycles. The van der Waals surface area contributed by atoms with Gasteiger partial charge in [0, 0.05) is 41.8 Å². The van der Waals surface area contributed by atoms with Crippen LogP contribution < -0.4 is 34.9 Å². The molecule has 0 saturated heterocycles. The van der Waals surface area contributed by atoms with Crippen molar-refractivity contribution in [1.82, 2.24) is 4.98 Å². The molecular formula is C38H43N4O8PS. The van der Waals surface area contributed by atoms with Gasteiger partial charge in [0.05, 0.1) is 42.3 Å². The number of methoxy groups -OCH3 is 1. The van der Waals surface area contributed by atoms with Crippen molar-refractivity contribution in [2.75, 3.05) is 42.0 Å². The number of benzene rings is 4. The molecule has 2 amide bonds. The molecule has 52 heavy (non-hydrogen) atoms. The fourth-order valence-corrected chi connectivity index (χ4v) is 7.07. The molecule has 0 spiro atoms. The Morgan fingerprint density at radius 3 is 2.25 bits per heavy atom. The Labute approximate surface area is 304 Å². The third-order valence-corrected chi connectivity index (χ3v) is 9.86. The lowest BCUT2D eigenvalue weighted by Gasteiger charge is -2.24. The average molecular weight is 747 g/mol. The SMILES string of the molecule is CCOc1cc(Cc2cc(Oc3ccc(NC(=O)Nc4cc(C(C)(C)C)cc(NS(C)(=O)=O)c4OC)c4ccccc34)ccn2)ccc1P(C)(=O)O. The van der Waals surface area contributed by atoms with Gasteiger partial charge >= 0.3 is 6.03 Å². The molecule has 1 unspecified atom stereocenters. The van der Waals surface area contributed by atoms with E-state index in [0.29, 0.717) is 41.7 Å². The third-order valence-electron chi connectivity index (χ3n) is 8.01. The van der Waals surface area contributed by atoms with Gasteiger partial charge in [-0.15, -0.1) is 0 Å². The second kappa shape index (κ2) is 15.2. The van der Waals surface area contributed by atoms with E-state index < -0.39 is 23.4 Å². The molecule has 1 aromatic heterocycles. The standard InChI is InChI=1S/C38H43N4O8PS/c1-8-49-34-20-24(13-16-35(34)51(6,44)45)19-26-23-27(17-18-39-26)50-33-15-14-30(28-11-9-10-12-29(28)33)40-37(43)41-31-21-25(38(2,3)4)22-32(36(31)48-5)42-52(7,46)47/h9-18,20-23,42H,8,19H2,1-7H3,(H,44,45)(H2,40,41,43). The minimum Gasteiger partial charge on any atom is -0.493 e. The van der Waals surface area contributed by atoms with Crippen LogP contribution in [-0.4, -0.2) is 51.0 Å². The molecular weight excluding hydrogens is 703 g/mol. The third kappa shape index (κ3) is 9.41. The summed E-state index contributed by atoms with van der Waals surface area (Å²) in [6.45, 7) is 9.40. The number of hydrogen-bond acceptors (Lipinski definition) is 8. The molecule has 0 aliphatic heterocycles. The van der Waals surface area contributed by atoms with Crippen molar-refractivity contribution in [2.45, 2.75) is 39.5 Å². The van der Waals surface area contributed by atoms with E-state index in [-0.39, 0.29) is 22.2 Å². The van der Waals surface area contributed by atoms with Crippen molar-refractivity contribution in [3.05, 3.63) is 102 Å². The number of sulfonamides is 1. The number of rotatable bonds is 12. The first-order valence-electron chi connectivity index (χ1n) is 16.4. The molecule has 4 N–H and O–H groups in total. The number of carbonyl (C=O) groups excluding carboxylic acids is 1. The molecule has 1 atom stereocenters. The highest BCUT2D eigenvalue weighted by molar-refractivity contribution is 7.92. The number of aromatic nitrogens is 1. The highest BCUT2D eigenvalue weighted by Gasteiger charge is 2.23. The molecule has 0 fully saturated rings. The van der Waals surface area contributed by atoms with Gasteiger partial charge in [0.25, 0.3) is 0 Å². The van der Waals surface area contributed by atoms with Crippen LogP contribution in [0.4, 0.5) is 21.9 Å². The fourth-order valence-electron chi connectivity index (χ4n) is 5.63. The van der Waals surface area contributed by atoms with E-state index in [1.807, 2.05) is 58.0 Å². The van der Waals surface area contributed by atoms with Crippen molar-refractivity contribution >= 4 is 56.6 Å². The molecule has 0 bridgehead atoms. The van der Waals surface area contributed by atoms with Gasteiger partial charge in [-0.2, -0.15) is 0 Å². The second-order valence-electron chi connectivity index (χ2n) is 13.3. The van der Waals surface area contributed by atoms with E-state index in [4.69, 9.17) is 14.2 Å². The maximum absolute atomic E-state index is 13.5. The number of fused-ring (bicyclic) bond motifs is 1. The number of urea groups is 1. The first kappa shape index (κ1) is 38.1. The Morgan fingerprint density at radius 2 is 1.60 bits per heavy atom. The van der Waals surface area contributed by atoms with E-state index in [0.717, 1.165) is 33.8 Å². The van der Waals surface area contributed by atoms with Gasteiger partial charge in [0.15, 0.2) is 5.75 Å². The van der Waals surface area contributed by atoms with Gasteiger partial charge < -0.3 is 29.7 Å². The lowest BCUT2D eigenvalue weighted by Crippen LogP contribution is -2.22. The molecule has 0 radical (unpaired) electrons. The zero-order chi connectivity index (χ0) is 37.8. The maximum Gasteiger partial charge on any atom is 0.323 e. The Morgan fingerprint density at radius 1 is 0.904 bits per heavy atom. The molecule has 4 aromatic carbocycles. The topological polar surface area (TPSA) is 165 Å². The molecule has 5 aromatic rings. The van der Waals surface area contributed by atoms with E-state index in [1.165, 1.54) is 13.8 Å². The number of carbonyl (C=O) groups is 1. The van der Waals surface area contributed by atoms with Gasteiger partial charge in [-0.1, -0.05) is 51.1 Å². The van der Waals surface area contributed by atoms with Crippen molar-refractivity contribution < 1.29 is 36.9 Å². The van der Waals surface area contributed by atoms with Crippen LogP contribution in [0.2, 0.25) is 0 Å². The molecule has 14 heteroatoms. The van der Waals surface area contributed by atoms with Crippen molar-refractivity contribution in [1.29, 1.82) is 0 Å². The van der Waals surface area contributed by atoms with Gasteiger partial charge in [-0.3, -0.25) is 14.3 Å². The predicted octanol–water partition coefficient (Wildman–Crippen LogP) is 7.86. The lowest BCUT2D eigenvalue weighted by atomic mass is 9.86. The smallest absolute Gasteiger partial charge is 0.323 e. The molecule has 12 nitrogen and oxygen atoms in total. The summed E-state index contributed by atoms with van der Waals surface area (Å²) in [6.07, 6.45) is 3.14. The van der Waals surface area contributed by atoms with Gasteiger partial charge in [-0.25, -0.2) is 13.2 Å². The van der Waals surface area contributed by atoms with Crippen LogP contribution in [0.15, 0.2) is 85.1 Å². The largest absolute Gasteiger partial charge is 0.493 e. The first-order valence-corrected chi connectivity index (χ1v) is 20.4. The minimum atomic E-state index is -3.64. The monoisotopic (exact) mass is 746 g/mol. The van der Waals surface area contributed by atoms with E-state index >= 15 is 0 Å². The second-order valence-corrected chi connectivity index (χ2v) is 17.3. The molecule has 274 valence electrons. The van der Waals surface area contributed by atoms with Crippen molar-refractivity contribution in [2.24, 2.45) is 0 Å². The maximum atomic E-state index is 13.5.